The van der Waals surface area contributed by atoms with Crippen LogP contribution in [0.3, 0.4) is 0 Å². The van der Waals surface area contributed by atoms with Crippen LogP contribution in [0.5, 0.6) is 5.75 Å². The molecule has 1 N–H and O–H groups in total. The molecule has 0 bridgehead atoms. The highest BCUT2D eigenvalue weighted by atomic mass is 16.5. The van der Waals surface area contributed by atoms with E-state index in [1.165, 1.54) is 12.0 Å². The SMILES string of the molecule is CCCNC1CCOC(c2ccc(OCC)cc2)C1. The van der Waals surface area contributed by atoms with E-state index in [9.17, 15) is 0 Å². The molecule has 0 radical (unpaired) electrons. The Hall–Kier alpha value is -1.06. The van der Waals surface area contributed by atoms with Crippen molar-refractivity contribution in [1.29, 1.82) is 0 Å². The summed E-state index contributed by atoms with van der Waals surface area (Å²) < 4.78 is 11.4. The van der Waals surface area contributed by atoms with Crippen LogP contribution in [-0.2, 0) is 4.74 Å². The molecule has 0 aliphatic carbocycles. The third-order valence-corrected chi connectivity index (χ3v) is 3.53. The van der Waals surface area contributed by atoms with Gasteiger partial charge >= 0.3 is 0 Å². The average Bonchev–Trinajstić information content (AvgIpc) is 2.46. The summed E-state index contributed by atoms with van der Waals surface area (Å²) in [6, 6.07) is 8.90. The molecule has 0 spiro atoms. The lowest BCUT2D eigenvalue weighted by atomic mass is 9.97. The van der Waals surface area contributed by atoms with Crippen LogP contribution >= 0.6 is 0 Å². The zero-order chi connectivity index (χ0) is 13.5. The molecular formula is C16H25NO2. The van der Waals surface area contributed by atoms with Crippen molar-refractivity contribution in [3.63, 3.8) is 0 Å². The minimum atomic E-state index is 0.221. The van der Waals surface area contributed by atoms with Crippen molar-refractivity contribution in [2.75, 3.05) is 19.8 Å². The first-order chi connectivity index (χ1) is 9.33. The molecule has 0 aromatic heterocycles. The molecular weight excluding hydrogens is 238 g/mol. The summed E-state index contributed by atoms with van der Waals surface area (Å²) in [5, 5.41) is 3.60. The van der Waals surface area contributed by atoms with Gasteiger partial charge in [-0.15, -0.1) is 0 Å². The van der Waals surface area contributed by atoms with E-state index in [1.807, 2.05) is 19.1 Å². The topological polar surface area (TPSA) is 30.5 Å². The molecule has 0 amide bonds. The number of hydrogen-bond donors (Lipinski definition) is 1. The second-order valence-corrected chi connectivity index (χ2v) is 5.04. The van der Waals surface area contributed by atoms with Gasteiger partial charge in [0.25, 0.3) is 0 Å². The lowest BCUT2D eigenvalue weighted by Crippen LogP contribution is -2.36. The highest BCUT2D eigenvalue weighted by molar-refractivity contribution is 5.28. The first-order valence-corrected chi connectivity index (χ1v) is 7.41. The number of nitrogens with one attached hydrogen (secondary N) is 1. The molecule has 0 saturated carbocycles. The Bertz CT molecular complexity index is 364. The fourth-order valence-electron chi connectivity index (χ4n) is 2.51. The monoisotopic (exact) mass is 263 g/mol. The molecule has 1 aliphatic rings. The molecule has 19 heavy (non-hydrogen) atoms. The molecule has 1 aromatic rings. The maximum Gasteiger partial charge on any atom is 0.119 e. The molecule has 2 atom stereocenters. The second-order valence-electron chi connectivity index (χ2n) is 5.04. The van der Waals surface area contributed by atoms with Gasteiger partial charge in [0.1, 0.15) is 5.75 Å². The number of rotatable bonds is 6. The zero-order valence-electron chi connectivity index (χ0n) is 12.0. The molecule has 3 nitrogen and oxygen atoms in total. The Morgan fingerprint density at radius 1 is 1.26 bits per heavy atom. The first-order valence-electron chi connectivity index (χ1n) is 7.41. The van der Waals surface area contributed by atoms with Crippen molar-refractivity contribution in [2.24, 2.45) is 0 Å². The highest BCUT2D eigenvalue weighted by Crippen LogP contribution is 2.29. The maximum atomic E-state index is 5.89. The maximum absolute atomic E-state index is 5.89. The first kappa shape index (κ1) is 14.4. The van der Waals surface area contributed by atoms with E-state index in [4.69, 9.17) is 9.47 Å². The van der Waals surface area contributed by atoms with Crippen molar-refractivity contribution in [3.8, 4) is 5.75 Å². The zero-order valence-corrected chi connectivity index (χ0v) is 12.0. The summed E-state index contributed by atoms with van der Waals surface area (Å²) in [7, 11) is 0. The van der Waals surface area contributed by atoms with Gasteiger partial charge in [-0.2, -0.15) is 0 Å². The van der Waals surface area contributed by atoms with Crippen LogP contribution in [0, 0.1) is 0 Å². The van der Waals surface area contributed by atoms with E-state index in [0.717, 1.165) is 31.7 Å². The molecule has 1 fully saturated rings. The van der Waals surface area contributed by atoms with Crippen LogP contribution in [0.25, 0.3) is 0 Å². The molecule has 1 aromatic carbocycles. The van der Waals surface area contributed by atoms with Crippen LogP contribution in [0.2, 0.25) is 0 Å². The van der Waals surface area contributed by atoms with Gasteiger partial charge < -0.3 is 14.8 Å². The fraction of sp³-hybridized carbons (Fsp3) is 0.625. The summed E-state index contributed by atoms with van der Waals surface area (Å²) in [5.41, 5.74) is 1.26. The van der Waals surface area contributed by atoms with Gasteiger partial charge in [-0.25, -0.2) is 0 Å². The summed E-state index contributed by atoms with van der Waals surface area (Å²) in [4.78, 5) is 0. The molecule has 3 heteroatoms. The second kappa shape index (κ2) is 7.51. The van der Waals surface area contributed by atoms with Crippen molar-refractivity contribution in [2.45, 2.75) is 45.3 Å². The average molecular weight is 263 g/mol. The fourth-order valence-corrected chi connectivity index (χ4v) is 2.51. The Balaban J connectivity index is 1.92. The third kappa shape index (κ3) is 4.22. The van der Waals surface area contributed by atoms with Crippen LogP contribution in [0.4, 0.5) is 0 Å². The quantitative estimate of drug-likeness (QED) is 0.854. The van der Waals surface area contributed by atoms with Gasteiger partial charge in [0.05, 0.1) is 12.7 Å². The predicted octanol–water partition coefficient (Wildman–Crippen LogP) is 3.31. The van der Waals surface area contributed by atoms with Crippen molar-refractivity contribution in [3.05, 3.63) is 29.8 Å². The van der Waals surface area contributed by atoms with E-state index < -0.39 is 0 Å². The Labute approximate surface area is 116 Å². The van der Waals surface area contributed by atoms with Gasteiger partial charge in [0, 0.05) is 12.6 Å². The predicted molar refractivity (Wildman–Crippen MR) is 77.6 cm³/mol. The van der Waals surface area contributed by atoms with Crippen molar-refractivity contribution < 1.29 is 9.47 Å². The van der Waals surface area contributed by atoms with Crippen LogP contribution < -0.4 is 10.1 Å². The van der Waals surface area contributed by atoms with Crippen molar-refractivity contribution >= 4 is 0 Å². The lowest BCUT2D eigenvalue weighted by molar-refractivity contribution is 0.000335. The molecule has 1 heterocycles. The molecule has 106 valence electrons. The third-order valence-electron chi connectivity index (χ3n) is 3.53. The van der Waals surface area contributed by atoms with E-state index >= 15 is 0 Å². The van der Waals surface area contributed by atoms with Crippen molar-refractivity contribution in [1.82, 2.24) is 5.32 Å². The summed E-state index contributed by atoms with van der Waals surface area (Å²) in [5.74, 6) is 0.933. The molecule has 1 aliphatic heterocycles. The molecule has 2 rings (SSSR count). The molecule has 1 saturated heterocycles. The van der Waals surface area contributed by atoms with E-state index in [2.05, 4.69) is 24.4 Å². The Morgan fingerprint density at radius 2 is 2.05 bits per heavy atom. The Kier molecular flexibility index (Phi) is 5.67. The highest BCUT2D eigenvalue weighted by Gasteiger charge is 2.23. The number of benzene rings is 1. The largest absolute Gasteiger partial charge is 0.494 e. The van der Waals surface area contributed by atoms with Gasteiger partial charge in [-0.1, -0.05) is 19.1 Å². The lowest BCUT2D eigenvalue weighted by Gasteiger charge is -2.30. The van der Waals surface area contributed by atoms with Gasteiger partial charge in [-0.3, -0.25) is 0 Å². The molecule has 2 unspecified atom stereocenters. The van der Waals surface area contributed by atoms with Crippen LogP contribution in [0.1, 0.15) is 44.8 Å². The number of hydrogen-bond acceptors (Lipinski definition) is 3. The standard InChI is InChI=1S/C16H25NO2/c1-3-10-17-14-9-11-19-16(12-14)13-5-7-15(8-6-13)18-4-2/h5-8,14,16-17H,3-4,9-12H2,1-2H3. The van der Waals surface area contributed by atoms with Gasteiger partial charge in [0.2, 0.25) is 0 Å². The van der Waals surface area contributed by atoms with Gasteiger partial charge in [-0.05, 0) is 50.4 Å². The number of ether oxygens (including phenoxy) is 2. The van der Waals surface area contributed by atoms with Crippen LogP contribution in [-0.4, -0.2) is 25.8 Å². The summed E-state index contributed by atoms with van der Waals surface area (Å²) in [6.07, 6.45) is 3.59. The van der Waals surface area contributed by atoms with Gasteiger partial charge in [0.15, 0.2) is 0 Å². The minimum absolute atomic E-state index is 0.221. The minimum Gasteiger partial charge on any atom is -0.494 e. The van der Waals surface area contributed by atoms with E-state index in [-0.39, 0.29) is 6.10 Å². The van der Waals surface area contributed by atoms with E-state index in [0.29, 0.717) is 12.6 Å². The summed E-state index contributed by atoms with van der Waals surface area (Å²) in [6.45, 7) is 6.86. The Morgan fingerprint density at radius 3 is 2.74 bits per heavy atom. The summed E-state index contributed by atoms with van der Waals surface area (Å²) >= 11 is 0. The van der Waals surface area contributed by atoms with Crippen LogP contribution in [0.15, 0.2) is 24.3 Å². The van der Waals surface area contributed by atoms with E-state index in [1.54, 1.807) is 0 Å². The normalized spacial score (nSPS) is 23.3. The smallest absolute Gasteiger partial charge is 0.119 e.